The Kier molecular flexibility index (Phi) is 5.59. The third kappa shape index (κ3) is 3.43. The molecule has 0 radical (unpaired) electrons. The Balaban J connectivity index is 1.48. The zero-order valence-electron chi connectivity index (χ0n) is 18.6. The quantitative estimate of drug-likeness (QED) is 0.512. The van der Waals surface area contributed by atoms with E-state index in [1.165, 1.54) is 44.1 Å². The van der Waals surface area contributed by atoms with Crippen molar-refractivity contribution in [1.82, 2.24) is 29.2 Å². The second-order valence-corrected chi connectivity index (χ2v) is 11.9. The summed E-state index contributed by atoms with van der Waals surface area (Å²) in [6.07, 6.45) is 7.32. The van der Waals surface area contributed by atoms with Crippen LogP contribution in [-0.4, -0.2) is 61.9 Å². The van der Waals surface area contributed by atoms with Crippen LogP contribution in [0.2, 0.25) is 0 Å². The molecule has 6 rings (SSSR count). The molecule has 1 unspecified atom stereocenters. The Bertz CT molecular complexity index is 1030. The fourth-order valence-electron chi connectivity index (χ4n) is 5.66. The number of fused-ring (bicyclic) bond motifs is 1. The van der Waals surface area contributed by atoms with Crippen molar-refractivity contribution < 1.29 is 4.62 Å². The minimum atomic E-state index is -2.29. The first-order valence-electron chi connectivity index (χ1n) is 12.1. The maximum Gasteiger partial charge on any atom is 0.451 e. The third-order valence-corrected chi connectivity index (χ3v) is 10.9. The lowest BCUT2D eigenvalue weighted by atomic mass is 10.1. The Morgan fingerprint density at radius 1 is 0.750 bits per heavy atom. The monoisotopic (exact) mass is 451 g/mol. The van der Waals surface area contributed by atoms with E-state index >= 15 is 0 Å². The van der Waals surface area contributed by atoms with Crippen molar-refractivity contribution in [3.63, 3.8) is 0 Å². The van der Waals surface area contributed by atoms with Gasteiger partial charge in [-0.2, -0.15) is 4.62 Å². The van der Waals surface area contributed by atoms with Gasteiger partial charge in [0.05, 0.1) is 6.04 Å². The van der Waals surface area contributed by atoms with Gasteiger partial charge in [0.25, 0.3) is 0 Å². The molecule has 168 valence electrons. The van der Waals surface area contributed by atoms with Crippen molar-refractivity contribution >= 4 is 19.0 Å². The summed E-state index contributed by atoms with van der Waals surface area (Å²) in [5, 5.41) is 8.89. The summed E-state index contributed by atoms with van der Waals surface area (Å²) in [4.78, 5) is 1.74. The van der Waals surface area contributed by atoms with Crippen LogP contribution in [0, 0.1) is 0 Å². The van der Waals surface area contributed by atoms with Crippen LogP contribution in [0.4, 0.5) is 0 Å². The first-order valence-corrected chi connectivity index (χ1v) is 13.7. The van der Waals surface area contributed by atoms with Gasteiger partial charge in [-0.05, 0) is 66.3 Å². The zero-order valence-corrected chi connectivity index (χ0v) is 19.5. The fourth-order valence-corrected chi connectivity index (χ4v) is 9.92. The number of rotatable bonds is 6. The molecule has 0 bridgehead atoms. The number of hydrogen-bond donors (Lipinski definition) is 0. The molecule has 1 aromatic heterocycles. The number of aromatic nitrogens is 3. The van der Waals surface area contributed by atoms with Gasteiger partial charge in [0.2, 0.25) is 0 Å². The molecule has 7 nitrogen and oxygen atoms in total. The van der Waals surface area contributed by atoms with Gasteiger partial charge in [-0.25, -0.2) is 0 Å². The molecule has 0 saturated carbocycles. The topological polar surface area (TPSA) is 49.7 Å². The normalized spacial score (nSPS) is 23.4. The van der Waals surface area contributed by atoms with E-state index < -0.39 is 7.94 Å². The molecule has 0 amide bonds. The van der Waals surface area contributed by atoms with Gasteiger partial charge >= 0.3 is 7.94 Å². The predicted octanol–water partition coefficient (Wildman–Crippen LogP) is 4.57. The van der Waals surface area contributed by atoms with Gasteiger partial charge < -0.3 is 0 Å². The summed E-state index contributed by atoms with van der Waals surface area (Å²) in [6.45, 7) is 5.43. The molecule has 3 fully saturated rings. The highest BCUT2D eigenvalue weighted by Gasteiger charge is 2.66. The minimum Gasteiger partial charge on any atom is -0.183 e. The first-order chi connectivity index (χ1) is 15.9. The highest BCUT2D eigenvalue weighted by molar-refractivity contribution is 7.64. The van der Waals surface area contributed by atoms with Crippen molar-refractivity contribution in [2.24, 2.45) is 0 Å². The molecule has 1 atom stereocenters. The van der Waals surface area contributed by atoms with E-state index in [4.69, 9.17) is 4.62 Å². The van der Waals surface area contributed by atoms with Crippen LogP contribution >= 0.6 is 7.94 Å². The van der Waals surface area contributed by atoms with Gasteiger partial charge in [-0.15, -0.1) is 19.1 Å². The number of hydrogen-bond acceptors (Lipinski definition) is 6. The van der Waals surface area contributed by atoms with Crippen molar-refractivity contribution in [2.75, 3.05) is 32.7 Å². The van der Waals surface area contributed by atoms with Crippen LogP contribution in [0.15, 0.2) is 54.6 Å². The van der Waals surface area contributed by atoms with E-state index in [9.17, 15) is 0 Å². The molecule has 0 spiro atoms. The molecule has 3 aromatic rings. The number of para-hydroxylation sites is 1. The molecule has 3 saturated heterocycles. The van der Waals surface area contributed by atoms with E-state index in [0.29, 0.717) is 6.04 Å². The van der Waals surface area contributed by atoms with Gasteiger partial charge in [0.1, 0.15) is 11.0 Å². The van der Waals surface area contributed by atoms with E-state index in [1.807, 2.05) is 18.2 Å². The molecule has 2 aromatic carbocycles. The van der Waals surface area contributed by atoms with Crippen LogP contribution in [0.5, 0.6) is 0 Å². The van der Waals surface area contributed by atoms with Gasteiger partial charge in [0, 0.05) is 32.7 Å². The average Bonchev–Trinajstić information content (AvgIpc) is 3.65. The first kappa shape index (κ1) is 20.5. The van der Waals surface area contributed by atoms with Crippen LogP contribution in [0.3, 0.4) is 0 Å². The lowest BCUT2D eigenvalue weighted by molar-refractivity contribution is 0.158. The lowest BCUT2D eigenvalue weighted by Gasteiger charge is -2.42. The highest BCUT2D eigenvalue weighted by Crippen LogP contribution is 2.71. The van der Waals surface area contributed by atoms with Crippen molar-refractivity contribution in [2.45, 2.75) is 44.6 Å². The van der Waals surface area contributed by atoms with Gasteiger partial charge in [0.15, 0.2) is 0 Å². The second-order valence-electron chi connectivity index (χ2n) is 9.10. The molecule has 8 heteroatoms. The average molecular weight is 452 g/mol. The van der Waals surface area contributed by atoms with Crippen LogP contribution in [-0.2, 0) is 0 Å². The molecule has 0 aliphatic carbocycles. The molecule has 0 N–H and O–H groups in total. The van der Waals surface area contributed by atoms with Crippen molar-refractivity contribution in [3.05, 3.63) is 60.2 Å². The Morgan fingerprint density at radius 2 is 1.41 bits per heavy atom. The van der Waals surface area contributed by atoms with Gasteiger partial charge in [-0.3, -0.25) is 0 Å². The smallest absolute Gasteiger partial charge is 0.183 e. The Labute approximate surface area is 190 Å². The maximum atomic E-state index is 7.19. The summed E-state index contributed by atoms with van der Waals surface area (Å²) in [7, 11) is -2.29. The van der Waals surface area contributed by atoms with E-state index in [2.05, 4.69) is 60.7 Å². The van der Waals surface area contributed by atoms with E-state index in [-0.39, 0.29) is 0 Å². The van der Waals surface area contributed by atoms with Crippen LogP contribution in [0.25, 0.3) is 11.0 Å². The molecule has 32 heavy (non-hydrogen) atoms. The van der Waals surface area contributed by atoms with E-state index in [0.717, 1.165) is 43.8 Å². The third-order valence-electron chi connectivity index (χ3n) is 7.15. The second kappa shape index (κ2) is 8.71. The molecule has 4 heterocycles. The summed E-state index contributed by atoms with van der Waals surface area (Å²) in [5.41, 5.74) is 3.24. The van der Waals surface area contributed by atoms with Crippen LogP contribution in [0.1, 0.15) is 50.1 Å². The fraction of sp³-hybridized carbons (Fsp3) is 0.500. The molecular weight excluding hydrogens is 419 g/mol. The predicted molar refractivity (Wildman–Crippen MR) is 128 cm³/mol. The SMILES string of the molecule is c1ccc(C2CCCN2[P+](On2nnc3ccccc32)(N2CCCC2)N2CCCC2)cc1. The molecule has 3 aliphatic heterocycles. The lowest BCUT2D eigenvalue weighted by Crippen LogP contribution is -2.48. The molecular formula is C24H32N6OP+. The highest BCUT2D eigenvalue weighted by atomic mass is 31.2. The summed E-state index contributed by atoms with van der Waals surface area (Å²) < 4.78 is 15.3. The number of benzene rings is 2. The van der Waals surface area contributed by atoms with E-state index in [1.54, 1.807) is 4.85 Å². The number of nitrogens with zero attached hydrogens (tertiary/aromatic N) is 6. The van der Waals surface area contributed by atoms with Crippen molar-refractivity contribution in [1.29, 1.82) is 0 Å². The summed E-state index contributed by atoms with van der Waals surface area (Å²) in [6, 6.07) is 19.5. The maximum absolute atomic E-state index is 7.19. The standard InChI is InChI=1S/C24H32N6OP/c1-2-11-21(12-3-1)23-15-10-20-29(23)32(27-16-6-7-17-27,28-18-8-9-19-28)31-30-24-14-5-4-13-22(24)25-26-30/h1-5,11-14,23H,6-10,15-20H2/q+1. The van der Waals surface area contributed by atoms with Gasteiger partial charge in [-0.1, -0.05) is 42.5 Å². The summed E-state index contributed by atoms with van der Waals surface area (Å²) >= 11 is 0. The Hall–Kier alpha value is -2.05. The largest absolute Gasteiger partial charge is 0.451 e. The molecule has 3 aliphatic rings. The summed E-state index contributed by atoms with van der Waals surface area (Å²) in [5.74, 6) is 0. The van der Waals surface area contributed by atoms with Crippen molar-refractivity contribution in [3.8, 4) is 0 Å². The minimum absolute atomic E-state index is 0.375. The van der Waals surface area contributed by atoms with Crippen LogP contribution < -0.4 is 4.62 Å². The zero-order chi connectivity index (χ0) is 21.4. The Morgan fingerprint density at radius 3 is 2.12 bits per heavy atom.